The lowest BCUT2D eigenvalue weighted by Crippen LogP contribution is -2.13. The van der Waals surface area contributed by atoms with E-state index in [2.05, 4.69) is 26.0 Å². The van der Waals surface area contributed by atoms with E-state index in [0.717, 1.165) is 5.56 Å². The van der Waals surface area contributed by atoms with Crippen LogP contribution < -0.4 is 0 Å². The van der Waals surface area contributed by atoms with Gasteiger partial charge in [-0.15, -0.1) is 11.8 Å². The maximum atomic E-state index is 12.5. The normalized spacial score (nSPS) is 12.2. The molecule has 0 N–H and O–H groups in total. The first-order valence-corrected chi connectivity index (χ1v) is 7.71. The molecule has 0 radical (unpaired) electrons. The minimum atomic E-state index is -0.0711. The minimum Gasteiger partial charge on any atom is -0.293 e. The molecule has 2 aromatic rings. The van der Waals surface area contributed by atoms with Crippen molar-refractivity contribution < 1.29 is 4.79 Å². The van der Waals surface area contributed by atoms with Gasteiger partial charge in [0.2, 0.25) is 0 Å². The lowest BCUT2D eigenvalue weighted by Gasteiger charge is -2.13. The number of carbonyl (C=O) groups excluding carboxylic acids is 1. The predicted molar refractivity (Wildman–Crippen MR) is 86.7 cm³/mol. The van der Waals surface area contributed by atoms with E-state index in [1.165, 1.54) is 21.6 Å². The number of ketones is 1. The van der Waals surface area contributed by atoms with Crippen molar-refractivity contribution in [3.63, 3.8) is 0 Å². The summed E-state index contributed by atoms with van der Waals surface area (Å²) in [6.45, 7) is 8.17. The molecule has 2 heteroatoms. The highest BCUT2D eigenvalue weighted by molar-refractivity contribution is 8.00. The number of carbonyl (C=O) groups is 1. The molecule has 0 aliphatic heterocycles. The summed E-state index contributed by atoms with van der Waals surface area (Å²) in [5.41, 5.74) is 4.42. The summed E-state index contributed by atoms with van der Waals surface area (Å²) in [5.74, 6) is 0.196. The van der Waals surface area contributed by atoms with Gasteiger partial charge in [-0.3, -0.25) is 4.79 Å². The molecule has 2 rings (SSSR count). The van der Waals surface area contributed by atoms with Crippen LogP contribution in [0.1, 0.15) is 34.0 Å². The Morgan fingerprint density at radius 1 is 0.950 bits per heavy atom. The molecule has 0 aliphatic rings. The number of hydrogen-bond donors (Lipinski definition) is 0. The van der Waals surface area contributed by atoms with Gasteiger partial charge in [0.15, 0.2) is 5.78 Å². The fraction of sp³-hybridized carbons (Fsp3) is 0.278. The zero-order chi connectivity index (χ0) is 14.7. The number of aryl methyl sites for hydroxylation is 3. The van der Waals surface area contributed by atoms with Crippen molar-refractivity contribution in [1.29, 1.82) is 0 Å². The van der Waals surface area contributed by atoms with Crippen LogP contribution >= 0.6 is 11.8 Å². The first-order valence-electron chi connectivity index (χ1n) is 6.83. The summed E-state index contributed by atoms with van der Waals surface area (Å²) in [4.78, 5) is 13.7. The average molecular weight is 284 g/mol. The maximum absolute atomic E-state index is 12.5. The summed E-state index contributed by atoms with van der Waals surface area (Å²) in [7, 11) is 0. The van der Waals surface area contributed by atoms with Crippen molar-refractivity contribution in [2.45, 2.75) is 37.8 Å². The summed E-state index contributed by atoms with van der Waals surface area (Å²) >= 11 is 1.63. The Hall–Kier alpha value is -1.54. The van der Waals surface area contributed by atoms with Gasteiger partial charge in [-0.2, -0.15) is 0 Å². The minimum absolute atomic E-state index is 0.0711. The molecule has 20 heavy (non-hydrogen) atoms. The van der Waals surface area contributed by atoms with Crippen molar-refractivity contribution in [1.82, 2.24) is 0 Å². The van der Waals surface area contributed by atoms with Gasteiger partial charge in [0.1, 0.15) is 0 Å². The molecule has 2 aromatic carbocycles. The van der Waals surface area contributed by atoms with E-state index in [9.17, 15) is 4.79 Å². The number of rotatable bonds is 4. The second kappa shape index (κ2) is 6.27. The number of Topliss-reactive ketones (excluding diaryl/α,β-unsaturated/α-hetero) is 1. The van der Waals surface area contributed by atoms with Crippen LogP contribution in [0.15, 0.2) is 47.4 Å². The van der Waals surface area contributed by atoms with Crippen LogP contribution in [0, 0.1) is 20.8 Å². The number of thioether (sulfide) groups is 1. The molecule has 1 atom stereocenters. The van der Waals surface area contributed by atoms with E-state index in [0.29, 0.717) is 0 Å². The van der Waals surface area contributed by atoms with Crippen LogP contribution in [0.4, 0.5) is 0 Å². The number of hydrogen-bond acceptors (Lipinski definition) is 2. The lowest BCUT2D eigenvalue weighted by atomic mass is 10.0. The maximum Gasteiger partial charge on any atom is 0.175 e. The van der Waals surface area contributed by atoms with Gasteiger partial charge in [-0.25, -0.2) is 0 Å². The molecule has 0 amide bonds. The van der Waals surface area contributed by atoms with E-state index in [-0.39, 0.29) is 11.0 Å². The van der Waals surface area contributed by atoms with E-state index in [1.807, 2.05) is 44.2 Å². The van der Waals surface area contributed by atoms with Gasteiger partial charge < -0.3 is 0 Å². The van der Waals surface area contributed by atoms with Gasteiger partial charge in [0, 0.05) is 10.5 Å². The van der Waals surface area contributed by atoms with E-state index >= 15 is 0 Å². The zero-order valence-corrected chi connectivity index (χ0v) is 13.3. The van der Waals surface area contributed by atoms with Crippen molar-refractivity contribution in [3.8, 4) is 0 Å². The van der Waals surface area contributed by atoms with Crippen LogP contribution in [0.3, 0.4) is 0 Å². The predicted octanol–water partition coefficient (Wildman–Crippen LogP) is 4.98. The molecular weight excluding hydrogens is 264 g/mol. The topological polar surface area (TPSA) is 17.1 Å². The molecule has 0 aromatic heterocycles. The Bertz CT molecular complexity index is 631. The van der Waals surface area contributed by atoms with Gasteiger partial charge in [-0.05, 0) is 56.5 Å². The van der Waals surface area contributed by atoms with Crippen LogP contribution in [0.5, 0.6) is 0 Å². The quantitative estimate of drug-likeness (QED) is 0.582. The van der Waals surface area contributed by atoms with Gasteiger partial charge in [0.25, 0.3) is 0 Å². The Kier molecular flexibility index (Phi) is 4.66. The molecule has 1 nitrogen and oxygen atoms in total. The summed E-state index contributed by atoms with van der Waals surface area (Å²) in [6, 6.07) is 14.1. The van der Waals surface area contributed by atoms with E-state index < -0.39 is 0 Å². The second-order valence-electron chi connectivity index (χ2n) is 5.19. The fourth-order valence-electron chi connectivity index (χ4n) is 2.06. The Balaban J connectivity index is 2.16. The van der Waals surface area contributed by atoms with Crippen LogP contribution in [-0.4, -0.2) is 11.0 Å². The van der Waals surface area contributed by atoms with Crippen LogP contribution in [0.25, 0.3) is 0 Å². The Labute approximate surface area is 125 Å². The second-order valence-corrected chi connectivity index (χ2v) is 6.57. The Morgan fingerprint density at radius 2 is 1.65 bits per heavy atom. The largest absolute Gasteiger partial charge is 0.293 e. The first kappa shape index (κ1) is 14.9. The average Bonchev–Trinajstić information content (AvgIpc) is 2.43. The molecular formula is C18H20OS. The summed E-state index contributed by atoms with van der Waals surface area (Å²) in [6.07, 6.45) is 0. The molecule has 104 valence electrons. The van der Waals surface area contributed by atoms with Crippen LogP contribution in [-0.2, 0) is 0 Å². The third kappa shape index (κ3) is 3.31. The van der Waals surface area contributed by atoms with Gasteiger partial charge >= 0.3 is 0 Å². The SMILES string of the molecule is Cc1ccc(C(=O)C(C)Sc2ccccc2C)cc1C. The lowest BCUT2D eigenvalue weighted by molar-refractivity contribution is 0.0994. The third-order valence-corrected chi connectivity index (χ3v) is 4.84. The monoisotopic (exact) mass is 284 g/mol. The van der Waals surface area contributed by atoms with Crippen molar-refractivity contribution in [2.24, 2.45) is 0 Å². The summed E-state index contributed by atoms with van der Waals surface area (Å²) in [5, 5.41) is -0.0711. The highest BCUT2D eigenvalue weighted by Crippen LogP contribution is 2.28. The van der Waals surface area contributed by atoms with Crippen molar-refractivity contribution in [3.05, 3.63) is 64.7 Å². The highest BCUT2D eigenvalue weighted by Gasteiger charge is 2.17. The highest BCUT2D eigenvalue weighted by atomic mass is 32.2. The van der Waals surface area contributed by atoms with Gasteiger partial charge in [0.05, 0.1) is 5.25 Å². The molecule has 0 saturated heterocycles. The smallest absolute Gasteiger partial charge is 0.175 e. The molecule has 0 bridgehead atoms. The molecule has 0 aliphatic carbocycles. The first-order chi connectivity index (χ1) is 9.49. The Morgan fingerprint density at radius 3 is 2.30 bits per heavy atom. The third-order valence-electron chi connectivity index (χ3n) is 3.56. The standard InChI is InChI=1S/C18H20OS/c1-12-9-10-16(11-14(12)3)18(19)15(4)20-17-8-6-5-7-13(17)2/h5-11,15H,1-4H3. The molecule has 0 spiro atoms. The molecule has 0 saturated carbocycles. The molecule has 0 heterocycles. The fourth-order valence-corrected chi connectivity index (χ4v) is 3.10. The van der Waals surface area contributed by atoms with Crippen LogP contribution in [0.2, 0.25) is 0 Å². The number of benzene rings is 2. The van der Waals surface area contributed by atoms with E-state index in [1.54, 1.807) is 11.8 Å². The van der Waals surface area contributed by atoms with Crippen molar-refractivity contribution >= 4 is 17.5 Å². The zero-order valence-electron chi connectivity index (χ0n) is 12.4. The summed E-state index contributed by atoms with van der Waals surface area (Å²) < 4.78 is 0. The van der Waals surface area contributed by atoms with E-state index in [4.69, 9.17) is 0 Å². The molecule has 1 unspecified atom stereocenters. The van der Waals surface area contributed by atoms with Crippen molar-refractivity contribution in [2.75, 3.05) is 0 Å². The molecule has 0 fully saturated rings. The van der Waals surface area contributed by atoms with Gasteiger partial charge in [-0.1, -0.05) is 30.3 Å².